The molecular weight excluding hydrogens is 390 g/mol. The molecule has 29 heavy (non-hydrogen) atoms. The lowest BCUT2D eigenvalue weighted by atomic mass is 9.78. The van der Waals surface area contributed by atoms with Crippen LogP contribution in [0.5, 0.6) is 17.2 Å². The van der Waals surface area contributed by atoms with E-state index in [4.69, 9.17) is 14.2 Å². The highest BCUT2D eigenvalue weighted by molar-refractivity contribution is 5.45. The third-order valence-corrected chi connectivity index (χ3v) is 5.59. The zero-order valence-corrected chi connectivity index (χ0v) is 18.0. The molecule has 1 saturated carbocycles. The van der Waals surface area contributed by atoms with Crippen LogP contribution in [0.1, 0.15) is 31.2 Å². The fourth-order valence-corrected chi connectivity index (χ4v) is 4.03. The van der Waals surface area contributed by atoms with Crippen LogP contribution in [-0.4, -0.2) is 45.1 Å². The minimum absolute atomic E-state index is 0. The molecule has 0 aliphatic heterocycles. The molecule has 2 aromatic carbocycles. The first-order valence-corrected chi connectivity index (χ1v) is 9.96. The summed E-state index contributed by atoms with van der Waals surface area (Å²) in [7, 11) is 3.33. The van der Waals surface area contributed by atoms with Gasteiger partial charge in [0.15, 0.2) is 11.5 Å². The largest absolute Gasteiger partial charge is 1.00 e. The lowest BCUT2D eigenvalue weighted by Crippen LogP contribution is -3.00. The summed E-state index contributed by atoms with van der Waals surface area (Å²) < 4.78 is 16.5. The van der Waals surface area contributed by atoms with Crippen molar-refractivity contribution in [2.45, 2.75) is 37.2 Å². The van der Waals surface area contributed by atoms with Gasteiger partial charge in [0.2, 0.25) is 0 Å². The van der Waals surface area contributed by atoms with Gasteiger partial charge in [0, 0.05) is 18.5 Å². The first-order valence-electron chi connectivity index (χ1n) is 9.96. The summed E-state index contributed by atoms with van der Waals surface area (Å²) in [6.45, 7) is 1.60. The van der Waals surface area contributed by atoms with E-state index in [0.717, 1.165) is 36.6 Å². The molecule has 2 N–H and O–H groups in total. The Labute approximate surface area is 179 Å². The average molecular weight is 421 g/mol. The second-order valence-electron chi connectivity index (χ2n) is 7.47. The number of aliphatic hydroxyl groups excluding tert-OH is 1. The number of rotatable bonds is 10. The van der Waals surface area contributed by atoms with Gasteiger partial charge in [0.05, 0.1) is 14.2 Å². The second-order valence-corrected chi connectivity index (χ2v) is 7.47. The Bertz CT molecular complexity index is 735. The van der Waals surface area contributed by atoms with Crippen molar-refractivity contribution in [1.82, 2.24) is 5.32 Å². The Morgan fingerprint density at radius 2 is 1.69 bits per heavy atom. The van der Waals surface area contributed by atoms with Crippen LogP contribution in [0.25, 0.3) is 0 Å². The number of ether oxygens (including phenoxy) is 3. The molecule has 1 atom stereocenters. The van der Waals surface area contributed by atoms with Crippen LogP contribution in [0.3, 0.4) is 0 Å². The van der Waals surface area contributed by atoms with Gasteiger partial charge in [-0.05, 0) is 42.7 Å². The Hall–Kier alpha value is -1.95. The summed E-state index contributed by atoms with van der Waals surface area (Å²) in [4.78, 5) is 0. The molecule has 0 bridgehead atoms. The topological polar surface area (TPSA) is 60.0 Å². The molecule has 2 aromatic rings. The van der Waals surface area contributed by atoms with Gasteiger partial charge < -0.3 is 37.0 Å². The number of para-hydroxylation sites is 1. The van der Waals surface area contributed by atoms with Crippen molar-refractivity contribution in [3.63, 3.8) is 0 Å². The van der Waals surface area contributed by atoms with Gasteiger partial charge >= 0.3 is 0 Å². The maximum atomic E-state index is 10.3. The van der Waals surface area contributed by atoms with E-state index in [0.29, 0.717) is 6.54 Å². The van der Waals surface area contributed by atoms with Gasteiger partial charge in [-0.3, -0.25) is 0 Å². The second kappa shape index (κ2) is 11.3. The van der Waals surface area contributed by atoms with Crippen molar-refractivity contribution in [2.24, 2.45) is 0 Å². The van der Waals surface area contributed by atoms with E-state index in [1.54, 1.807) is 14.2 Å². The number of hydrogen-bond donors (Lipinski definition) is 2. The zero-order chi connectivity index (χ0) is 19.8. The van der Waals surface area contributed by atoms with Gasteiger partial charge in [0.25, 0.3) is 0 Å². The monoisotopic (exact) mass is 420 g/mol. The zero-order valence-electron chi connectivity index (χ0n) is 17.2. The fraction of sp³-hybridized carbons (Fsp3) is 0.478. The van der Waals surface area contributed by atoms with E-state index in [9.17, 15) is 5.11 Å². The fourth-order valence-electron chi connectivity index (χ4n) is 4.03. The summed E-state index contributed by atoms with van der Waals surface area (Å²) in [5, 5.41) is 13.7. The third-order valence-electron chi connectivity index (χ3n) is 5.59. The van der Waals surface area contributed by atoms with Crippen LogP contribution in [0, 0.1) is 0 Å². The Morgan fingerprint density at radius 3 is 2.34 bits per heavy atom. The van der Waals surface area contributed by atoms with Crippen molar-refractivity contribution < 1.29 is 31.7 Å². The van der Waals surface area contributed by atoms with Crippen molar-refractivity contribution in [1.29, 1.82) is 0 Å². The normalized spacial score (nSPS) is 16.0. The predicted molar refractivity (Wildman–Crippen MR) is 111 cm³/mol. The quantitative estimate of drug-likeness (QED) is 0.588. The molecular formula is C23H31ClNO4-. The molecule has 0 heterocycles. The number of benzene rings is 2. The molecule has 5 nitrogen and oxygen atoms in total. The van der Waals surface area contributed by atoms with Crippen molar-refractivity contribution in [2.75, 3.05) is 33.9 Å². The average Bonchev–Trinajstić information content (AvgIpc) is 3.22. The lowest BCUT2D eigenvalue weighted by Gasteiger charge is -2.31. The van der Waals surface area contributed by atoms with E-state index in [-0.39, 0.29) is 24.4 Å². The van der Waals surface area contributed by atoms with E-state index in [2.05, 4.69) is 17.4 Å². The van der Waals surface area contributed by atoms with Crippen molar-refractivity contribution in [3.8, 4) is 17.2 Å². The van der Waals surface area contributed by atoms with Crippen LogP contribution < -0.4 is 31.9 Å². The minimum Gasteiger partial charge on any atom is -1.00 e. The van der Waals surface area contributed by atoms with Crippen LogP contribution in [-0.2, 0) is 5.41 Å². The van der Waals surface area contributed by atoms with E-state index >= 15 is 0 Å². The van der Waals surface area contributed by atoms with Crippen LogP contribution >= 0.6 is 0 Å². The molecule has 1 fully saturated rings. The third kappa shape index (κ3) is 6.01. The maximum absolute atomic E-state index is 10.3. The lowest BCUT2D eigenvalue weighted by molar-refractivity contribution is -0.00000825. The first-order chi connectivity index (χ1) is 13.7. The van der Waals surface area contributed by atoms with Crippen LogP contribution in [0.2, 0.25) is 0 Å². The smallest absolute Gasteiger partial charge is 0.161 e. The number of nitrogens with one attached hydrogen (secondary N) is 1. The molecule has 1 aliphatic carbocycles. The molecule has 0 amide bonds. The van der Waals surface area contributed by atoms with E-state index < -0.39 is 6.10 Å². The molecule has 160 valence electrons. The Balaban J connectivity index is 0.00000300. The van der Waals surface area contributed by atoms with E-state index in [1.807, 2.05) is 36.4 Å². The summed E-state index contributed by atoms with van der Waals surface area (Å²) in [6.07, 6.45) is 4.15. The molecule has 1 unspecified atom stereocenters. The molecule has 1 aliphatic rings. The highest BCUT2D eigenvalue weighted by atomic mass is 35.5. The molecule has 0 radical (unpaired) electrons. The highest BCUT2D eigenvalue weighted by Crippen LogP contribution is 2.43. The number of halogens is 1. The summed E-state index contributed by atoms with van der Waals surface area (Å²) >= 11 is 0. The standard InChI is InChI=1S/C23H31NO4.ClH/c1-26-21-11-10-18(14-22(21)27-2)23(12-6-7-13-23)17-24-15-19(25)16-28-20-8-4-3-5-9-20;/h3-5,8-11,14,19,24-25H,6-7,12-13,15-17H2,1-2H3;1H/p-1. The molecule has 0 spiro atoms. The van der Waals surface area contributed by atoms with E-state index in [1.165, 1.54) is 18.4 Å². The van der Waals surface area contributed by atoms with Crippen molar-refractivity contribution in [3.05, 3.63) is 54.1 Å². The predicted octanol–water partition coefficient (Wildman–Crippen LogP) is 0.549. The van der Waals surface area contributed by atoms with Gasteiger partial charge in [-0.25, -0.2) is 0 Å². The summed E-state index contributed by atoms with van der Waals surface area (Å²) in [5.74, 6) is 2.29. The summed E-state index contributed by atoms with van der Waals surface area (Å²) in [6, 6.07) is 15.8. The maximum Gasteiger partial charge on any atom is 0.161 e. The summed E-state index contributed by atoms with van der Waals surface area (Å²) in [5.41, 5.74) is 1.34. The van der Waals surface area contributed by atoms with Crippen molar-refractivity contribution >= 4 is 0 Å². The Morgan fingerprint density at radius 1 is 1.00 bits per heavy atom. The highest BCUT2D eigenvalue weighted by Gasteiger charge is 2.36. The van der Waals surface area contributed by atoms with Crippen LogP contribution in [0.4, 0.5) is 0 Å². The molecule has 0 aromatic heterocycles. The van der Waals surface area contributed by atoms with Gasteiger partial charge in [-0.2, -0.15) is 0 Å². The first kappa shape index (κ1) is 23.3. The molecule has 3 rings (SSSR count). The van der Waals surface area contributed by atoms with Crippen LogP contribution in [0.15, 0.2) is 48.5 Å². The molecule has 0 saturated heterocycles. The van der Waals surface area contributed by atoms with Gasteiger partial charge in [-0.1, -0.05) is 37.1 Å². The number of aliphatic hydroxyl groups is 1. The number of hydrogen-bond acceptors (Lipinski definition) is 5. The van der Waals surface area contributed by atoms with Gasteiger partial charge in [-0.15, -0.1) is 0 Å². The minimum atomic E-state index is -0.552. The SMILES string of the molecule is COc1ccc(C2(CNCC(O)COc3ccccc3)CCCC2)cc1OC.[Cl-]. The Kier molecular flexibility index (Phi) is 9.08. The van der Waals surface area contributed by atoms with Gasteiger partial charge in [0.1, 0.15) is 18.5 Å². The number of methoxy groups -OCH3 is 2. The molecule has 6 heteroatoms.